The zero-order valence-electron chi connectivity index (χ0n) is 16.8. The summed E-state index contributed by atoms with van der Waals surface area (Å²) in [5, 5.41) is 2.85. The zero-order chi connectivity index (χ0) is 20.1. The van der Waals surface area contributed by atoms with Gasteiger partial charge in [-0.2, -0.15) is 0 Å². The molecule has 2 aromatic rings. The van der Waals surface area contributed by atoms with E-state index in [0.29, 0.717) is 17.0 Å². The fraction of sp³-hybridized carbons (Fsp3) is 0.391. The van der Waals surface area contributed by atoms with Crippen molar-refractivity contribution in [1.82, 2.24) is 4.90 Å². The standard InChI is InChI=1S/C23H28N2O3/c1-16-7-8-17(2)21(15-16)28-18(3)22(26)24-20-11-9-19(10-12-20)23(27)25-13-5-4-6-14-25/h7-12,15,18H,4-6,13-14H2,1-3H3,(H,24,26). The first-order valence-corrected chi connectivity index (χ1v) is 9.88. The molecule has 0 aromatic heterocycles. The van der Waals surface area contributed by atoms with Gasteiger partial charge in [-0.15, -0.1) is 0 Å². The second kappa shape index (κ2) is 8.91. The number of benzene rings is 2. The maximum absolute atomic E-state index is 12.5. The van der Waals surface area contributed by atoms with Gasteiger partial charge in [-0.1, -0.05) is 12.1 Å². The summed E-state index contributed by atoms with van der Waals surface area (Å²) >= 11 is 0. The highest BCUT2D eigenvalue weighted by atomic mass is 16.5. The fourth-order valence-electron chi connectivity index (χ4n) is 3.30. The van der Waals surface area contributed by atoms with Crippen molar-refractivity contribution < 1.29 is 14.3 Å². The number of anilines is 1. The van der Waals surface area contributed by atoms with Crippen LogP contribution in [0.5, 0.6) is 5.75 Å². The minimum absolute atomic E-state index is 0.0594. The smallest absolute Gasteiger partial charge is 0.265 e. The first-order chi connectivity index (χ1) is 13.4. The van der Waals surface area contributed by atoms with Crippen molar-refractivity contribution in [2.24, 2.45) is 0 Å². The maximum atomic E-state index is 12.5. The Morgan fingerprint density at radius 2 is 1.68 bits per heavy atom. The van der Waals surface area contributed by atoms with Gasteiger partial charge in [0.1, 0.15) is 5.75 Å². The summed E-state index contributed by atoms with van der Waals surface area (Å²) in [6, 6.07) is 13.0. The van der Waals surface area contributed by atoms with Crippen molar-refractivity contribution in [3.05, 3.63) is 59.2 Å². The number of nitrogens with one attached hydrogen (secondary N) is 1. The lowest BCUT2D eigenvalue weighted by molar-refractivity contribution is -0.122. The SMILES string of the molecule is Cc1ccc(C)c(OC(C)C(=O)Nc2ccc(C(=O)N3CCCCC3)cc2)c1. The number of hydrogen-bond acceptors (Lipinski definition) is 3. The average molecular weight is 380 g/mol. The van der Waals surface area contributed by atoms with Crippen LogP contribution in [0.25, 0.3) is 0 Å². The van der Waals surface area contributed by atoms with E-state index in [1.165, 1.54) is 6.42 Å². The van der Waals surface area contributed by atoms with Crippen LogP contribution in [0, 0.1) is 13.8 Å². The van der Waals surface area contributed by atoms with Crippen LogP contribution in [0.15, 0.2) is 42.5 Å². The Kier molecular flexibility index (Phi) is 6.34. The van der Waals surface area contributed by atoms with Gasteiger partial charge < -0.3 is 15.0 Å². The molecule has 1 aliphatic heterocycles. The molecule has 0 aliphatic carbocycles. The van der Waals surface area contributed by atoms with Gasteiger partial charge in [0.25, 0.3) is 11.8 Å². The van der Waals surface area contributed by atoms with E-state index in [2.05, 4.69) is 5.32 Å². The molecule has 1 N–H and O–H groups in total. The minimum Gasteiger partial charge on any atom is -0.481 e. The Morgan fingerprint density at radius 3 is 2.36 bits per heavy atom. The molecule has 1 atom stereocenters. The van der Waals surface area contributed by atoms with Gasteiger partial charge >= 0.3 is 0 Å². The second-order valence-electron chi connectivity index (χ2n) is 7.45. The number of ether oxygens (including phenoxy) is 1. The number of piperidine rings is 1. The normalized spacial score (nSPS) is 15.0. The van der Waals surface area contributed by atoms with E-state index in [1.54, 1.807) is 31.2 Å². The van der Waals surface area contributed by atoms with Crippen LogP contribution in [0.1, 0.15) is 47.7 Å². The van der Waals surface area contributed by atoms with Crippen molar-refractivity contribution in [1.29, 1.82) is 0 Å². The monoisotopic (exact) mass is 380 g/mol. The lowest BCUT2D eigenvalue weighted by Crippen LogP contribution is -2.35. The Morgan fingerprint density at radius 1 is 1.00 bits per heavy atom. The Labute approximate surface area is 166 Å². The fourth-order valence-corrected chi connectivity index (χ4v) is 3.30. The molecule has 2 aromatic carbocycles. The van der Waals surface area contributed by atoms with Crippen LogP contribution >= 0.6 is 0 Å². The lowest BCUT2D eigenvalue weighted by atomic mass is 10.1. The molecule has 3 rings (SSSR count). The van der Waals surface area contributed by atoms with Crippen LogP contribution in [0.4, 0.5) is 5.69 Å². The molecule has 0 bridgehead atoms. The first kappa shape index (κ1) is 19.9. The predicted octanol–water partition coefficient (Wildman–Crippen LogP) is 4.34. The Balaban J connectivity index is 1.59. The van der Waals surface area contributed by atoms with Crippen LogP contribution in [-0.2, 0) is 4.79 Å². The molecule has 0 spiro atoms. The van der Waals surface area contributed by atoms with Crippen LogP contribution < -0.4 is 10.1 Å². The molecule has 0 radical (unpaired) electrons. The summed E-state index contributed by atoms with van der Waals surface area (Å²) in [5.74, 6) is 0.547. The minimum atomic E-state index is -0.629. The summed E-state index contributed by atoms with van der Waals surface area (Å²) in [5.41, 5.74) is 3.38. The van der Waals surface area contributed by atoms with Crippen molar-refractivity contribution in [3.63, 3.8) is 0 Å². The number of aryl methyl sites for hydroxylation is 2. The highest BCUT2D eigenvalue weighted by molar-refractivity contribution is 5.96. The van der Waals surface area contributed by atoms with Gasteiger partial charge in [-0.25, -0.2) is 0 Å². The molecular weight excluding hydrogens is 352 g/mol. The number of nitrogens with zero attached hydrogens (tertiary/aromatic N) is 1. The number of carbonyl (C=O) groups is 2. The van der Waals surface area contributed by atoms with E-state index < -0.39 is 6.10 Å². The molecule has 5 heteroatoms. The summed E-state index contributed by atoms with van der Waals surface area (Å²) < 4.78 is 5.83. The second-order valence-corrected chi connectivity index (χ2v) is 7.45. The number of likely N-dealkylation sites (tertiary alicyclic amines) is 1. The molecule has 1 unspecified atom stereocenters. The molecule has 2 amide bonds. The van der Waals surface area contributed by atoms with Gasteiger partial charge in [-0.05, 0) is 81.5 Å². The maximum Gasteiger partial charge on any atom is 0.265 e. The topological polar surface area (TPSA) is 58.6 Å². The van der Waals surface area contributed by atoms with Crippen LogP contribution in [0.3, 0.4) is 0 Å². The molecule has 1 heterocycles. The van der Waals surface area contributed by atoms with Crippen LogP contribution in [-0.4, -0.2) is 35.9 Å². The molecule has 0 saturated carbocycles. The molecular formula is C23H28N2O3. The summed E-state index contributed by atoms with van der Waals surface area (Å²) in [6.07, 6.45) is 2.70. The van der Waals surface area contributed by atoms with E-state index in [1.807, 2.05) is 36.9 Å². The average Bonchev–Trinajstić information content (AvgIpc) is 2.71. The highest BCUT2D eigenvalue weighted by Crippen LogP contribution is 2.21. The van der Waals surface area contributed by atoms with Crippen molar-refractivity contribution in [2.45, 2.75) is 46.1 Å². The number of rotatable bonds is 5. The first-order valence-electron chi connectivity index (χ1n) is 9.88. The predicted molar refractivity (Wildman–Crippen MR) is 111 cm³/mol. The van der Waals surface area contributed by atoms with Gasteiger partial charge in [-0.3, -0.25) is 9.59 Å². The Hall–Kier alpha value is -2.82. The third-order valence-electron chi connectivity index (χ3n) is 5.06. The van der Waals surface area contributed by atoms with Crippen LogP contribution in [0.2, 0.25) is 0 Å². The molecule has 1 aliphatic rings. The van der Waals surface area contributed by atoms with Crippen molar-refractivity contribution in [2.75, 3.05) is 18.4 Å². The van der Waals surface area contributed by atoms with Crippen molar-refractivity contribution in [3.8, 4) is 5.75 Å². The molecule has 148 valence electrons. The molecule has 5 nitrogen and oxygen atoms in total. The quantitative estimate of drug-likeness (QED) is 0.840. The number of carbonyl (C=O) groups excluding carboxylic acids is 2. The third-order valence-corrected chi connectivity index (χ3v) is 5.06. The van der Waals surface area contributed by atoms with Gasteiger partial charge in [0.2, 0.25) is 0 Å². The summed E-state index contributed by atoms with van der Waals surface area (Å²) in [4.78, 5) is 26.9. The molecule has 28 heavy (non-hydrogen) atoms. The van der Waals surface area contributed by atoms with E-state index in [0.717, 1.165) is 37.1 Å². The lowest BCUT2D eigenvalue weighted by Gasteiger charge is -2.26. The van der Waals surface area contributed by atoms with Gasteiger partial charge in [0, 0.05) is 24.3 Å². The molecule has 1 fully saturated rings. The largest absolute Gasteiger partial charge is 0.481 e. The van der Waals surface area contributed by atoms with E-state index in [4.69, 9.17) is 4.74 Å². The summed E-state index contributed by atoms with van der Waals surface area (Å²) in [7, 11) is 0. The number of hydrogen-bond donors (Lipinski definition) is 1. The van der Waals surface area contributed by atoms with E-state index in [-0.39, 0.29) is 11.8 Å². The molecule has 1 saturated heterocycles. The summed E-state index contributed by atoms with van der Waals surface area (Å²) in [6.45, 7) is 7.32. The van der Waals surface area contributed by atoms with Gasteiger partial charge in [0.05, 0.1) is 0 Å². The van der Waals surface area contributed by atoms with E-state index in [9.17, 15) is 9.59 Å². The van der Waals surface area contributed by atoms with Crippen molar-refractivity contribution >= 4 is 17.5 Å². The number of amides is 2. The Bertz CT molecular complexity index is 839. The zero-order valence-corrected chi connectivity index (χ0v) is 16.8. The van der Waals surface area contributed by atoms with E-state index >= 15 is 0 Å². The highest BCUT2D eigenvalue weighted by Gasteiger charge is 2.19. The van der Waals surface area contributed by atoms with Gasteiger partial charge in [0.15, 0.2) is 6.10 Å². The third kappa shape index (κ3) is 4.91.